The van der Waals surface area contributed by atoms with Gasteiger partial charge in [0.15, 0.2) is 5.78 Å². The van der Waals surface area contributed by atoms with Crippen LogP contribution in [-0.2, 0) is 23.9 Å². The number of ketones is 2. The van der Waals surface area contributed by atoms with Crippen LogP contribution < -0.4 is 0 Å². The van der Waals surface area contributed by atoms with Crippen LogP contribution in [0.2, 0.25) is 0 Å². The minimum atomic E-state index is -1.05. The third-order valence-electron chi connectivity index (χ3n) is 2.65. The minimum absolute atomic E-state index is 0.0759. The van der Waals surface area contributed by atoms with Gasteiger partial charge in [-0.15, -0.1) is 0 Å². The third-order valence-corrected chi connectivity index (χ3v) is 2.65. The molecule has 0 aliphatic rings. The van der Waals surface area contributed by atoms with Crippen molar-refractivity contribution in [1.82, 2.24) is 0 Å². The summed E-state index contributed by atoms with van der Waals surface area (Å²) in [5, 5.41) is 8.98. The van der Waals surface area contributed by atoms with E-state index in [0.29, 0.717) is 19.8 Å². The molecule has 0 aromatic heterocycles. The third kappa shape index (κ3) is 10.6. The number of Topliss-reactive ketones (excluding diaryl/α,β-unsaturated/α-hetero) is 2. The van der Waals surface area contributed by atoms with E-state index in [1.807, 2.05) is 6.92 Å². The van der Waals surface area contributed by atoms with Crippen LogP contribution in [-0.4, -0.2) is 49.1 Å². The molecule has 20 heavy (non-hydrogen) atoms. The number of hydrogen-bond donors (Lipinski definition) is 1. The Balaban J connectivity index is 3.84. The second-order valence-electron chi connectivity index (χ2n) is 4.68. The van der Waals surface area contributed by atoms with Crippen molar-refractivity contribution in [3.63, 3.8) is 0 Å². The Morgan fingerprint density at radius 3 is 2.30 bits per heavy atom. The van der Waals surface area contributed by atoms with Crippen LogP contribution in [0, 0.1) is 5.92 Å². The highest BCUT2D eigenvalue weighted by Crippen LogP contribution is 2.12. The molecule has 0 aromatic rings. The van der Waals surface area contributed by atoms with Gasteiger partial charge < -0.3 is 19.4 Å². The maximum Gasteiger partial charge on any atom is 0.306 e. The van der Waals surface area contributed by atoms with E-state index in [1.165, 1.54) is 6.92 Å². The Kier molecular flexibility index (Phi) is 10.8. The quantitative estimate of drug-likeness (QED) is 0.516. The lowest BCUT2D eigenvalue weighted by Gasteiger charge is -2.10. The van der Waals surface area contributed by atoms with Crippen molar-refractivity contribution in [3.05, 3.63) is 0 Å². The summed E-state index contributed by atoms with van der Waals surface area (Å²) in [6.45, 7) is 4.69. The number of carbonyl (C=O) groups excluding carboxylic acids is 2. The maximum atomic E-state index is 11.6. The molecule has 0 aliphatic carbocycles. The maximum absolute atomic E-state index is 11.6. The van der Waals surface area contributed by atoms with Crippen molar-refractivity contribution >= 4 is 17.5 Å². The SMILES string of the molecule is CCCOCCOCC(=O)C[C@@H](CCC(C)=O)C(=O)O. The largest absolute Gasteiger partial charge is 0.481 e. The van der Waals surface area contributed by atoms with Crippen molar-refractivity contribution in [2.75, 3.05) is 26.4 Å². The summed E-state index contributed by atoms with van der Waals surface area (Å²) in [6, 6.07) is 0. The number of carboxylic acids is 1. The summed E-state index contributed by atoms with van der Waals surface area (Å²) in [6.07, 6.45) is 1.19. The highest BCUT2D eigenvalue weighted by atomic mass is 16.5. The Hall–Kier alpha value is -1.27. The lowest BCUT2D eigenvalue weighted by atomic mass is 9.96. The number of hydrogen-bond acceptors (Lipinski definition) is 5. The standard InChI is InChI=1S/C14H24O6/c1-3-6-19-7-8-20-10-13(16)9-12(14(17)18)5-4-11(2)15/h12H,3-10H2,1-2H3,(H,17,18)/t12-/m1/s1. The summed E-state index contributed by atoms with van der Waals surface area (Å²) in [4.78, 5) is 33.4. The predicted octanol–water partition coefficient (Wildman–Crippen LogP) is 1.46. The molecule has 0 heterocycles. The van der Waals surface area contributed by atoms with Crippen molar-refractivity contribution in [3.8, 4) is 0 Å². The molecule has 0 radical (unpaired) electrons. The van der Waals surface area contributed by atoms with Gasteiger partial charge in [-0.3, -0.25) is 9.59 Å². The summed E-state index contributed by atoms with van der Waals surface area (Å²) in [5.74, 6) is -2.21. The van der Waals surface area contributed by atoms with Gasteiger partial charge in [0.05, 0.1) is 19.1 Å². The first-order chi connectivity index (χ1) is 9.47. The average molecular weight is 288 g/mol. The highest BCUT2D eigenvalue weighted by molar-refractivity contribution is 5.85. The molecule has 0 saturated carbocycles. The molecule has 0 spiro atoms. The average Bonchev–Trinajstić information content (AvgIpc) is 2.38. The van der Waals surface area contributed by atoms with Gasteiger partial charge in [0, 0.05) is 19.4 Å². The van der Waals surface area contributed by atoms with E-state index in [0.717, 1.165) is 6.42 Å². The molecule has 0 rings (SSSR count). The van der Waals surface area contributed by atoms with Crippen molar-refractivity contribution in [2.45, 2.75) is 39.5 Å². The Morgan fingerprint density at radius 1 is 1.10 bits per heavy atom. The van der Waals surface area contributed by atoms with Gasteiger partial charge in [-0.25, -0.2) is 0 Å². The predicted molar refractivity (Wildman–Crippen MR) is 72.6 cm³/mol. The molecule has 6 heteroatoms. The van der Waals surface area contributed by atoms with E-state index in [-0.39, 0.29) is 37.4 Å². The molecule has 0 amide bonds. The highest BCUT2D eigenvalue weighted by Gasteiger charge is 2.21. The Labute approximate surface area is 119 Å². The fourth-order valence-electron chi connectivity index (χ4n) is 1.57. The fourth-order valence-corrected chi connectivity index (χ4v) is 1.57. The number of carbonyl (C=O) groups is 3. The van der Waals surface area contributed by atoms with Gasteiger partial charge >= 0.3 is 5.97 Å². The molecule has 0 aromatic carbocycles. The van der Waals surface area contributed by atoms with E-state index >= 15 is 0 Å². The fraction of sp³-hybridized carbons (Fsp3) is 0.786. The molecule has 0 bridgehead atoms. The van der Waals surface area contributed by atoms with Gasteiger partial charge in [-0.1, -0.05) is 6.92 Å². The molecule has 116 valence electrons. The first-order valence-electron chi connectivity index (χ1n) is 6.86. The second-order valence-corrected chi connectivity index (χ2v) is 4.68. The molecule has 1 atom stereocenters. The number of aliphatic carboxylic acids is 1. The van der Waals surface area contributed by atoms with E-state index in [1.54, 1.807) is 0 Å². The van der Waals surface area contributed by atoms with Gasteiger partial charge in [-0.2, -0.15) is 0 Å². The molecule has 1 N–H and O–H groups in total. The zero-order valence-electron chi connectivity index (χ0n) is 12.2. The van der Waals surface area contributed by atoms with E-state index in [4.69, 9.17) is 14.6 Å². The Bertz CT molecular complexity index is 313. The summed E-state index contributed by atoms with van der Waals surface area (Å²) < 4.78 is 10.3. The smallest absolute Gasteiger partial charge is 0.306 e. The van der Waals surface area contributed by atoms with Gasteiger partial charge in [-0.05, 0) is 19.8 Å². The van der Waals surface area contributed by atoms with Crippen LogP contribution >= 0.6 is 0 Å². The molecule has 0 aliphatic heterocycles. The van der Waals surface area contributed by atoms with Crippen LogP contribution in [0.25, 0.3) is 0 Å². The van der Waals surface area contributed by atoms with E-state index in [2.05, 4.69) is 0 Å². The van der Waals surface area contributed by atoms with Gasteiger partial charge in [0.25, 0.3) is 0 Å². The van der Waals surface area contributed by atoms with Crippen molar-refractivity contribution in [2.24, 2.45) is 5.92 Å². The number of rotatable bonds is 13. The number of ether oxygens (including phenoxy) is 2. The molecule has 0 saturated heterocycles. The molecule has 0 unspecified atom stereocenters. The normalized spacial score (nSPS) is 12.1. The van der Waals surface area contributed by atoms with E-state index in [9.17, 15) is 14.4 Å². The first-order valence-corrected chi connectivity index (χ1v) is 6.86. The van der Waals surface area contributed by atoms with Gasteiger partial charge in [0.1, 0.15) is 12.4 Å². The Morgan fingerprint density at radius 2 is 1.75 bits per heavy atom. The molecule has 6 nitrogen and oxygen atoms in total. The van der Waals surface area contributed by atoms with Crippen molar-refractivity contribution < 1.29 is 29.0 Å². The van der Waals surface area contributed by atoms with E-state index < -0.39 is 11.9 Å². The topological polar surface area (TPSA) is 89.9 Å². The summed E-state index contributed by atoms with van der Waals surface area (Å²) >= 11 is 0. The van der Waals surface area contributed by atoms with Crippen LogP contribution in [0.5, 0.6) is 0 Å². The summed E-state index contributed by atoms with van der Waals surface area (Å²) in [7, 11) is 0. The van der Waals surface area contributed by atoms with Crippen LogP contribution in [0.4, 0.5) is 0 Å². The van der Waals surface area contributed by atoms with Crippen LogP contribution in [0.15, 0.2) is 0 Å². The van der Waals surface area contributed by atoms with Crippen LogP contribution in [0.1, 0.15) is 39.5 Å². The van der Waals surface area contributed by atoms with Gasteiger partial charge in [0.2, 0.25) is 0 Å². The monoisotopic (exact) mass is 288 g/mol. The van der Waals surface area contributed by atoms with Crippen molar-refractivity contribution in [1.29, 1.82) is 0 Å². The zero-order valence-corrected chi connectivity index (χ0v) is 12.2. The minimum Gasteiger partial charge on any atom is -0.481 e. The number of carboxylic acid groups (broad SMARTS) is 1. The second kappa shape index (κ2) is 11.5. The molecular weight excluding hydrogens is 264 g/mol. The lowest BCUT2D eigenvalue weighted by molar-refractivity contribution is -0.144. The summed E-state index contributed by atoms with van der Waals surface area (Å²) in [5.41, 5.74) is 0. The molecule has 0 fully saturated rings. The zero-order chi connectivity index (χ0) is 15.4. The first kappa shape index (κ1) is 18.7. The lowest BCUT2D eigenvalue weighted by Crippen LogP contribution is -2.22. The van der Waals surface area contributed by atoms with Crippen LogP contribution in [0.3, 0.4) is 0 Å². The molecular formula is C14H24O6.